The summed E-state index contributed by atoms with van der Waals surface area (Å²) in [4.78, 5) is 27.4. The number of carbonyl (C=O) groups excluding carboxylic acids is 2. The van der Waals surface area contributed by atoms with Crippen LogP contribution >= 0.6 is 39.0 Å². The second kappa shape index (κ2) is 7.38. The Morgan fingerprint density at radius 1 is 1.29 bits per heavy atom. The number of thioether (sulfide) groups is 1. The highest BCUT2D eigenvalue weighted by Crippen LogP contribution is 2.29. The highest BCUT2D eigenvalue weighted by atomic mass is 79.9. The highest BCUT2D eigenvalue weighted by molar-refractivity contribution is 9.10. The van der Waals surface area contributed by atoms with Crippen molar-refractivity contribution in [2.75, 3.05) is 16.9 Å². The topological polar surface area (TPSA) is 73.2 Å². The van der Waals surface area contributed by atoms with Gasteiger partial charge in [0.15, 0.2) is 0 Å². The van der Waals surface area contributed by atoms with Crippen LogP contribution in [0.4, 0.5) is 5.69 Å². The molecular formula is C16H12BrN3O2S2. The summed E-state index contributed by atoms with van der Waals surface area (Å²) in [6.45, 7) is 0. The number of nitriles is 1. The first-order valence-electron chi connectivity index (χ1n) is 7.03. The summed E-state index contributed by atoms with van der Waals surface area (Å²) in [5.74, 6) is 0.707. The molecule has 5 nitrogen and oxygen atoms in total. The summed E-state index contributed by atoms with van der Waals surface area (Å²) in [5.41, 5.74) is 1.14. The minimum atomic E-state index is -0.507. The lowest BCUT2D eigenvalue weighted by atomic mass is 10.2. The fourth-order valence-corrected chi connectivity index (χ4v) is 4.94. The van der Waals surface area contributed by atoms with Crippen molar-refractivity contribution in [1.29, 1.82) is 5.26 Å². The molecule has 2 heterocycles. The maximum absolute atomic E-state index is 12.7. The lowest BCUT2D eigenvalue weighted by molar-refractivity contribution is -0.119. The zero-order chi connectivity index (χ0) is 17.1. The van der Waals surface area contributed by atoms with Gasteiger partial charge in [0.1, 0.15) is 10.9 Å². The lowest BCUT2D eigenvalue weighted by Crippen LogP contribution is -2.44. The molecule has 122 valence electrons. The predicted molar refractivity (Wildman–Crippen MR) is 99.1 cm³/mol. The minimum absolute atomic E-state index is 0.137. The molecule has 2 amide bonds. The second-order valence-electron chi connectivity index (χ2n) is 5.07. The Morgan fingerprint density at radius 2 is 2.04 bits per heavy atom. The van der Waals surface area contributed by atoms with Gasteiger partial charge >= 0.3 is 0 Å². The Hall–Kier alpha value is -1.82. The van der Waals surface area contributed by atoms with Gasteiger partial charge in [0.05, 0.1) is 17.5 Å². The van der Waals surface area contributed by atoms with E-state index in [1.165, 1.54) is 11.3 Å². The van der Waals surface area contributed by atoms with Gasteiger partial charge < -0.3 is 10.2 Å². The van der Waals surface area contributed by atoms with E-state index in [2.05, 4.69) is 21.2 Å². The number of thiophene rings is 1. The molecule has 2 aromatic rings. The second-order valence-corrected chi connectivity index (χ2v) is 7.84. The molecule has 1 aliphatic heterocycles. The third-order valence-electron chi connectivity index (χ3n) is 3.54. The van der Waals surface area contributed by atoms with Crippen LogP contribution in [0.2, 0.25) is 0 Å². The smallest absolute Gasteiger partial charge is 0.266 e. The molecule has 1 aliphatic rings. The number of halogens is 1. The van der Waals surface area contributed by atoms with Crippen molar-refractivity contribution in [2.45, 2.75) is 6.04 Å². The molecule has 0 saturated carbocycles. The summed E-state index contributed by atoms with van der Waals surface area (Å²) in [6.07, 6.45) is 0. The molecule has 1 aromatic carbocycles. The summed E-state index contributed by atoms with van der Waals surface area (Å²) >= 11 is 6.28. The molecule has 0 radical (unpaired) electrons. The molecule has 8 heteroatoms. The van der Waals surface area contributed by atoms with Crippen molar-refractivity contribution in [3.63, 3.8) is 0 Å². The lowest BCUT2D eigenvalue weighted by Gasteiger charge is -2.22. The van der Waals surface area contributed by atoms with E-state index in [9.17, 15) is 9.59 Å². The number of nitrogens with one attached hydrogen (secondary N) is 1. The van der Waals surface area contributed by atoms with Gasteiger partial charge in [0.25, 0.3) is 5.91 Å². The number of amides is 2. The first-order valence-corrected chi connectivity index (χ1v) is 9.85. The van der Waals surface area contributed by atoms with Gasteiger partial charge in [-0.25, -0.2) is 0 Å². The number of nitrogens with zero attached hydrogens (tertiary/aromatic N) is 2. The number of hydrogen-bond acceptors (Lipinski definition) is 5. The summed E-state index contributed by atoms with van der Waals surface area (Å²) < 4.78 is 0.751. The number of carbonyl (C=O) groups is 2. The van der Waals surface area contributed by atoms with E-state index in [1.807, 2.05) is 17.5 Å². The minimum Gasteiger partial charge on any atom is -0.324 e. The molecule has 3 rings (SSSR count). The molecule has 1 unspecified atom stereocenters. The summed E-state index contributed by atoms with van der Waals surface area (Å²) in [6, 6.07) is 10.0. The standard InChI is InChI=1S/C16H12BrN3O2S2/c17-12-5-6-24-14(12)16(22)20-9-23-8-13(20)15(21)19-11-3-1-10(7-18)2-4-11/h1-6,13H,8-9H2,(H,19,21). The van der Waals surface area contributed by atoms with Crippen LogP contribution in [-0.4, -0.2) is 34.4 Å². The monoisotopic (exact) mass is 421 g/mol. The SMILES string of the molecule is N#Cc1ccc(NC(=O)C2CSCN2C(=O)c2sccc2Br)cc1. The molecule has 1 atom stereocenters. The molecule has 1 aromatic heterocycles. The number of anilines is 1. The summed E-state index contributed by atoms with van der Waals surface area (Å²) in [7, 11) is 0. The van der Waals surface area contributed by atoms with E-state index < -0.39 is 6.04 Å². The van der Waals surface area contributed by atoms with Crippen LogP contribution in [0.3, 0.4) is 0 Å². The van der Waals surface area contributed by atoms with Crippen molar-refractivity contribution in [2.24, 2.45) is 0 Å². The van der Waals surface area contributed by atoms with Crippen LogP contribution in [0, 0.1) is 11.3 Å². The van der Waals surface area contributed by atoms with E-state index in [0.717, 1.165) is 4.47 Å². The van der Waals surface area contributed by atoms with Gasteiger partial charge in [-0.3, -0.25) is 9.59 Å². The van der Waals surface area contributed by atoms with Crippen molar-refractivity contribution in [1.82, 2.24) is 4.90 Å². The molecular weight excluding hydrogens is 410 g/mol. The van der Waals surface area contributed by atoms with Crippen LogP contribution < -0.4 is 5.32 Å². The summed E-state index contributed by atoms with van der Waals surface area (Å²) in [5, 5.41) is 13.5. The molecule has 1 saturated heterocycles. The van der Waals surface area contributed by atoms with E-state index in [1.54, 1.807) is 40.9 Å². The Bertz CT molecular complexity index is 813. The van der Waals surface area contributed by atoms with Crippen LogP contribution in [0.1, 0.15) is 15.2 Å². The largest absolute Gasteiger partial charge is 0.324 e. The Kier molecular flexibility index (Phi) is 5.23. The van der Waals surface area contributed by atoms with E-state index in [-0.39, 0.29) is 11.8 Å². The van der Waals surface area contributed by atoms with Crippen molar-refractivity contribution < 1.29 is 9.59 Å². The first kappa shape index (κ1) is 17.0. The van der Waals surface area contributed by atoms with Crippen LogP contribution in [0.15, 0.2) is 40.2 Å². The van der Waals surface area contributed by atoms with Gasteiger partial charge in [-0.15, -0.1) is 23.1 Å². The zero-order valence-corrected chi connectivity index (χ0v) is 15.6. The fourth-order valence-electron chi connectivity index (χ4n) is 2.29. The predicted octanol–water partition coefficient (Wildman–Crippen LogP) is 3.54. The van der Waals surface area contributed by atoms with Crippen molar-refractivity contribution in [3.8, 4) is 6.07 Å². The molecule has 0 bridgehead atoms. The number of benzene rings is 1. The van der Waals surface area contributed by atoms with Gasteiger partial charge in [-0.05, 0) is 51.6 Å². The van der Waals surface area contributed by atoms with Crippen LogP contribution in [0.5, 0.6) is 0 Å². The third-order valence-corrected chi connectivity index (χ3v) is 6.38. The quantitative estimate of drug-likeness (QED) is 0.822. The van der Waals surface area contributed by atoms with Crippen molar-refractivity contribution in [3.05, 3.63) is 50.6 Å². The average Bonchev–Trinajstić information content (AvgIpc) is 3.24. The fraction of sp³-hybridized carbons (Fsp3) is 0.188. The van der Waals surface area contributed by atoms with Gasteiger partial charge in [0.2, 0.25) is 5.91 Å². The molecule has 0 spiro atoms. The number of rotatable bonds is 3. The van der Waals surface area contributed by atoms with Gasteiger partial charge in [0, 0.05) is 15.9 Å². The van der Waals surface area contributed by atoms with Gasteiger partial charge in [-0.1, -0.05) is 0 Å². The van der Waals surface area contributed by atoms with E-state index in [0.29, 0.717) is 27.8 Å². The van der Waals surface area contributed by atoms with Crippen LogP contribution in [0.25, 0.3) is 0 Å². The Labute approximate surface area is 155 Å². The normalized spacial score (nSPS) is 16.7. The maximum Gasteiger partial charge on any atom is 0.266 e. The van der Waals surface area contributed by atoms with E-state index >= 15 is 0 Å². The maximum atomic E-state index is 12.7. The molecule has 1 N–H and O–H groups in total. The average molecular weight is 422 g/mol. The first-order chi connectivity index (χ1) is 11.6. The highest BCUT2D eigenvalue weighted by Gasteiger charge is 2.36. The Balaban J connectivity index is 1.72. The molecule has 1 fully saturated rings. The number of hydrogen-bond donors (Lipinski definition) is 1. The van der Waals surface area contributed by atoms with Crippen molar-refractivity contribution >= 4 is 56.5 Å². The van der Waals surface area contributed by atoms with Gasteiger partial charge in [-0.2, -0.15) is 5.26 Å². The zero-order valence-electron chi connectivity index (χ0n) is 12.4. The van der Waals surface area contributed by atoms with Crippen LogP contribution in [-0.2, 0) is 4.79 Å². The Morgan fingerprint density at radius 3 is 2.67 bits per heavy atom. The molecule has 0 aliphatic carbocycles. The molecule has 24 heavy (non-hydrogen) atoms. The van der Waals surface area contributed by atoms with E-state index in [4.69, 9.17) is 5.26 Å². The third kappa shape index (κ3) is 3.48.